The smallest absolute Gasteiger partial charge is 0.432 e. The second-order valence-corrected chi connectivity index (χ2v) is 6.76. The fraction of sp³-hybridized carbons (Fsp3) is 0.348. The van der Waals surface area contributed by atoms with E-state index < -0.39 is 18.0 Å². The minimum absolute atomic E-state index is 0.0828. The number of ether oxygens (including phenoxy) is 1. The third-order valence-corrected chi connectivity index (χ3v) is 4.35. The summed E-state index contributed by atoms with van der Waals surface area (Å²) in [6, 6.07) is 18.3. The molecule has 0 saturated heterocycles. The van der Waals surface area contributed by atoms with E-state index in [2.05, 4.69) is 44.6 Å². The maximum Gasteiger partial charge on any atom is 0.432 e. The highest BCUT2D eigenvalue weighted by Gasteiger charge is 2.10. The number of hydrogen-bond donors (Lipinski definition) is 2. The fourth-order valence-electron chi connectivity index (χ4n) is 2.84. The number of esters is 1. The summed E-state index contributed by atoms with van der Waals surface area (Å²) in [4.78, 5) is 39.0. The molecular formula is C23H28N2O5. The van der Waals surface area contributed by atoms with Crippen molar-refractivity contribution in [3.63, 3.8) is 0 Å². The minimum atomic E-state index is -0.928. The first kappa shape index (κ1) is 22.9. The molecule has 7 heteroatoms. The molecule has 0 radical (unpaired) electrons. The van der Waals surface area contributed by atoms with Crippen LogP contribution in [-0.4, -0.2) is 31.1 Å². The van der Waals surface area contributed by atoms with Crippen molar-refractivity contribution in [2.24, 2.45) is 0 Å². The van der Waals surface area contributed by atoms with Gasteiger partial charge in [0.25, 0.3) is 5.91 Å². The maximum absolute atomic E-state index is 11.9. The van der Waals surface area contributed by atoms with Gasteiger partial charge in [0, 0.05) is 0 Å². The normalized spacial score (nSPS) is 10.2. The Morgan fingerprint density at radius 1 is 0.833 bits per heavy atom. The lowest BCUT2D eigenvalue weighted by molar-refractivity contribution is -0.141. The van der Waals surface area contributed by atoms with Crippen LogP contribution in [0.15, 0.2) is 54.6 Å². The molecule has 0 heterocycles. The van der Waals surface area contributed by atoms with Gasteiger partial charge in [0.2, 0.25) is 0 Å². The highest BCUT2D eigenvalue weighted by molar-refractivity contribution is 5.81. The third kappa shape index (κ3) is 9.23. The van der Waals surface area contributed by atoms with Crippen LogP contribution in [0.25, 0.3) is 0 Å². The summed E-state index contributed by atoms with van der Waals surface area (Å²) in [6.45, 7) is 1.56. The third-order valence-electron chi connectivity index (χ3n) is 4.35. The van der Waals surface area contributed by atoms with Gasteiger partial charge in [-0.25, -0.2) is 4.79 Å². The van der Waals surface area contributed by atoms with Crippen LogP contribution in [0.2, 0.25) is 0 Å². The van der Waals surface area contributed by atoms with Crippen LogP contribution < -0.4 is 10.8 Å². The average Bonchev–Trinajstić information content (AvgIpc) is 2.76. The summed E-state index contributed by atoms with van der Waals surface area (Å²) in [7, 11) is 0. The van der Waals surface area contributed by atoms with E-state index in [0.29, 0.717) is 0 Å². The summed E-state index contributed by atoms with van der Waals surface area (Å²) in [5.41, 5.74) is 5.45. The fourth-order valence-corrected chi connectivity index (χ4v) is 2.84. The van der Waals surface area contributed by atoms with E-state index in [-0.39, 0.29) is 19.6 Å². The van der Waals surface area contributed by atoms with Crippen LogP contribution in [0.3, 0.4) is 0 Å². The number of carbonyl (C=O) groups excluding carboxylic acids is 3. The number of rotatable bonds is 10. The van der Waals surface area contributed by atoms with Crippen LogP contribution in [0.5, 0.6) is 0 Å². The zero-order valence-electron chi connectivity index (χ0n) is 17.2. The Balaban J connectivity index is 1.62. The number of hydrogen-bond acceptors (Lipinski definition) is 5. The Hall–Kier alpha value is -3.35. The highest BCUT2D eigenvalue weighted by Crippen LogP contribution is 2.11. The van der Waals surface area contributed by atoms with Crippen LogP contribution in [0.4, 0.5) is 4.79 Å². The highest BCUT2D eigenvalue weighted by atomic mass is 16.7. The monoisotopic (exact) mass is 412 g/mol. The number of unbranched alkanes of at least 4 members (excludes halogenated alkanes) is 1. The molecule has 2 rings (SSSR count). The van der Waals surface area contributed by atoms with E-state index in [1.807, 2.05) is 30.3 Å². The van der Waals surface area contributed by atoms with Crippen molar-refractivity contribution in [1.82, 2.24) is 10.8 Å². The minimum Gasteiger partial charge on any atom is -0.465 e. The lowest BCUT2D eigenvalue weighted by Crippen LogP contribution is -2.37. The molecular weight excluding hydrogens is 384 g/mol. The van der Waals surface area contributed by atoms with Crippen molar-refractivity contribution in [2.45, 2.75) is 39.0 Å². The molecule has 0 bridgehead atoms. The predicted molar refractivity (Wildman–Crippen MR) is 112 cm³/mol. The molecule has 0 aliphatic heterocycles. The first-order valence-electron chi connectivity index (χ1n) is 10.1. The summed E-state index contributed by atoms with van der Waals surface area (Å²) < 4.78 is 4.66. The lowest BCUT2D eigenvalue weighted by Gasteiger charge is -2.08. The molecule has 2 aromatic carbocycles. The van der Waals surface area contributed by atoms with Crippen molar-refractivity contribution in [2.75, 3.05) is 13.2 Å². The van der Waals surface area contributed by atoms with Crippen molar-refractivity contribution in [1.29, 1.82) is 0 Å². The summed E-state index contributed by atoms with van der Waals surface area (Å²) in [5.74, 6) is -1.04. The standard InChI is InChI=1S/C23H28N2O5/c1-2-29-22(27)17-24-23(28)30-25-21(26)16-20-14-12-19(13-15-20)11-7-6-10-18-8-4-3-5-9-18/h3-5,8-9,12-15H,2,6-7,10-11,16-17H2,1H3,(H,24,28)(H,25,26). The van der Waals surface area contributed by atoms with Gasteiger partial charge in [-0.15, -0.1) is 0 Å². The molecule has 2 amide bonds. The van der Waals surface area contributed by atoms with Crippen molar-refractivity contribution in [3.05, 3.63) is 71.3 Å². The van der Waals surface area contributed by atoms with Gasteiger partial charge >= 0.3 is 12.1 Å². The van der Waals surface area contributed by atoms with E-state index in [0.717, 1.165) is 31.2 Å². The second kappa shape index (κ2) is 13.0. The number of benzene rings is 2. The van der Waals surface area contributed by atoms with E-state index in [9.17, 15) is 14.4 Å². The predicted octanol–water partition coefficient (Wildman–Crippen LogP) is 3.12. The van der Waals surface area contributed by atoms with Crippen molar-refractivity contribution >= 4 is 18.0 Å². The molecule has 0 aliphatic carbocycles. The summed E-state index contributed by atoms with van der Waals surface area (Å²) in [5, 5.41) is 2.18. The molecule has 2 aromatic rings. The van der Waals surface area contributed by atoms with Gasteiger partial charge in [-0.05, 0) is 49.3 Å². The molecule has 0 saturated carbocycles. The van der Waals surface area contributed by atoms with E-state index >= 15 is 0 Å². The largest absolute Gasteiger partial charge is 0.465 e. The van der Waals surface area contributed by atoms with Crippen LogP contribution in [0.1, 0.15) is 36.5 Å². The molecule has 30 heavy (non-hydrogen) atoms. The Morgan fingerprint density at radius 3 is 2.07 bits per heavy atom. The van der Waals surface area contributed by atoms with Gasteiger partial charge in [-0.2, -0.15) is 5.48 Å². The Morgan fingerprint density at radius 2 is 1.43 bits per heavy atom. The number of nitrogens with one attached hydrogen (secondary N) is 2. The Labute approximate surface area is 176 Å². The first-order chi connectivity index (χ1) is 14.6. The van der Waals surface area contributed by atoms with Gasteiger partial charge < -0.3 is 14.9 Å². The maximum atomic E-state index is 11.9. The second-order valence-electron chi connectivity index (χ2n) is 6.76. The molecule has 0 fully saturated rings. The number of carbonyl (C=O) groups is 3. The van der Waals surface area contributed by atoms with Gasteiger partial charge in [-0.3, -0.25) is 9.59 Å². The Kier molecular flexibility index (Phi) is 9.92. The SMILES string of the molecule is CCOC(=O)CNC(=O)ONC(=O)Cc1ccc(CCCCc2ccccc2)cc1. The van der Waals surface area contributed by atoms with E-state index in [1.54, 1.807) is 6.92 Å². The molecule has 2 N–H and O–H groups in total. The molecule has 0 atom stereocenters. The molecule has 0 aromatic heterocycles. The zero-order valence-corrected chi connectivity index (χ0v) is 17.2. The number of amides is 2. The number of hydroxylamine groups is 1. The van der Waals surface area contributed by atoms with Gasteiger partial charge in [0.15, 0.2) is 0 Å². The zero-order chi connectivity index (χ0) is 21.6. The first-order valence-corrected chi connectivity index (χ1v) is 10.1. The lowest BCUT2D eigenvalue weighted by atomic mass is 10.0. The van der Waals surface area contributed by atoms with E-state index in [1.165, 1.54) is 11.1 Å². The molecule has 0 aliphatic rings. The summed E-state index contributed by atoms with van der Waals surface area (Å²) >= 11 is 0. The van der Waals surface area contributed by atoms with Crippen LogP contribution in [0, 0.1) is 0 Å². The number of aryl methyl sites for hydroxylation is 2. The molecule has 0 unspecified atom stereocenters. The Bertz CT molecular complexity index is 806. The average molecular weight is 412 g/mol. The quantitative estimate of drug-likeness (QED) is 0.355. The van der Waals surface area contributed by atoms with Gasteiger partial charge in [0.05, 0.1) is 13.0 Å². The molecule has 160 valence electrons. The van der Waals surface area contributed by atoms with E-state index in [4.69, 9.17) is 0 Å². The van der Waals surface area contributed by atoms with Crippen LogP contribution in [-0.2, 0) is 38.4 Å². The molecule has 7 nitrogen and oxygen atoms in total. The van der Waals surface area contributed by atoms with Crippen LogP contribution >= 0.6 is 0 Å². The van der Waals surface area contributed by atoms with Crippen molar-refractivity contribution < 1.29 is 24.0 Å². The topological polar surface area (TPSA) is 93.7 Å². The van der Waals surface area contributed by atoms with Gasteiger partial charge in [-0.1, -0.05) is 54.6 Å². The van der Waals surface area contributed by atoms with Gasteiger partial charge in [0.1, 0.15) is 6.54 Å². The van der Waals surface area contributed by atoms with Crippen molar-refractivity contribution in [3.8, 4) is 0 Å². The summed E-state index contributed by atoms with van der Waals surface area (Å²) in [6.07, 6.45) is 3.45. The molecule has 0 spiro atoms.